The number of hydrogen-bond acceptors (Lipinski definition) is 4. The standard InChI is InChI=1S/C23H40N4O4/c1-22(2)15-9-10-23(22,3)18(13-15)27-19(28)17(12-14-7-8-14)26-21(31)25-16(20(29)30)6-4-5-11-24/h14-18H,4-13,24H2,1-3H3,(H,27,28)(H,29,30)(H2,25,26,31)/t15-,16+,17-,18+,23+/m1/s1. The van der Waals surface area contributed by atoms with Crippen molar-refractivity contribution in [2.45, 2.75) is 96.7 Å². The highest BCUT2D eigenvalue weighted by Gasteiger charge is 2.61. The van der Waals surface area contributed by atoms with E-state index in [1.807, 2.05) is 0 Å². The van der Waals surface area contributed by atoms with Crippen LogP contribution in [0.5, 0.6) is 0 Å². The van der Waals surface area contributed by atoms with Crippen LogP contribution in [0.15, 0.2) is 0 Å². The monoisotopic (exact) mass is 436 g/mol. The van der Waals surface area contributed by atoms with Gasteiger partial charge in [-0.2, -0.15) is 0 Å². The van der Waals surface area contributed by atoms with E-state index in [4.69, 9.17) is 5.73 Å². The molecule has 8 nitrogen and oxygen atoms in total. The van der Waals surface area contributed by atoms with Crippen molar-refractivity contribution in [3.05, 3.63) is 0 Å². The van der Waals surface area contributed by atoms with E-state index in [1.54, 1.807) is 0 Å². The third kappa shape index (κ3) is 5.16. The van der Waals surface area contributed by atoms with Gasteiger partial charge in [-0.15, -0.1) is 0 Å². The van der Waals surface area contributed by atoms with Gasteiger partial charge in [-0.25, -0.2) is 9.59 Å². The van der Waals surface area contributed by atoms with E-state index in [0.29, 0.717) is 44.1 Å². The first-order valence-electron chi connectivity index (χ1n) is 11.9. The topological polar surface area (TPSA) is 134 Å². The van der Waals surface area contributed by atoms with Crippen molar-refractivity contribution in [1.29, 1.82) is 0 Å². The lowest BCUT2D eigenvalue weighted by Crippen LogP contribution is -2.56. The van der Waals surface area contributed by atoms with Crippen LogP contribution < -0.4 is 21.7 Å². The Kier molecular flexibility index (Phi) is 7.18. The Bertz CT molecular complexity index is 693. The first-order chi connectivity index (χ1) is 14.6. The molecule has 0 heterocycles. The van der Waals surface area contributed by atoms with Crippen molar-refractivity contribution in [1.82, 2.24) is 16.0 Å². The molecule has 0 aromatic rings. The van der Waals surface area contributed by atoms with Crippen LogP contribution >= 0.6 is 0 Å². The number of nitrogens with two attached hydrogens (primary N) is 1. The molecule has 6 N–H and O–H groups in total. The highest BCUT2D eigenvalue weighted by atomic mass is 16.4. The zero-order valence-electron chi connectivity index (χ0n) is 19.2. The molecule has 0 aromatic heterocycles. The molecule has 3 amide bonds. The van der Waals surface area contributed by atoms with Crippen LogP contribution in [-0.2, 0) is 9.59 Å². The quantitative estimate of drug-likeness (QED) is 0.317. The van der Waals surface area contributed by atoms with Crippen molar-refractivity contribution in [3.8, 4) is 0 Å². The Morgan fingerprint density at radius 3 is 2.26 bits per heavy atom. The van der Waals surface area contributed by atoms with Crippen LogP contribution in [0.25, 0.3) is 0 Å². The van der Waals surface area contributed by atoms with Crippen LogP contribution in [0, 0.1) is 22.7 Å². The molecule has 0 radical (unpaired) electrons. The summed E-state index contributed by atoms with van der Waals surface area (Å²) in [5, 5.41) is 17.9. The van der Waals surface area contributed by atoms with E-state index in [1.165, 1.54) is 6.42 Å². The minimum Gasteiger partial charge on any atom is -0.480 e. The second-order valence-electron chi connectivity index (χ2n) is 10.7. The molecule has 176 valence electrons. The van der Waals surface area contributed by atoms with Crippen LogP contribution in [0.1, 0.15) is 78.6 Å². The molecule has 3 aliphatic carbocycles. The predicted octanol–water partition coefficient (Wildman–Crippen LogP) is 2.37. The highest BCUT2D eigenvalue weighted by molar-refractivity contribution is 5.89. The number of nitrogens with one attached hydrogen (secondary N) is 3. The molecule has 3 rings (SSSR count). The fraction of sp³-hybridized carbons (Fsp3) is 0.870. The minimum atomic E-state index is -1.08. The number of hydrogen-bond donors (Lipinski definition) is 5. The zero-order valence-corrected chi connectivity index (χ0v) is 19.2. The Morgan fingerprint density at radius 2 is 1.74 bits per heavy atom. The Hall–Kier alpha value is -1.83. The Labute approximate surface area is 185 Å². The molecule has 2 bridgehead atoms. The van der Waals surface area contributed by atoms with Gasteiger partial charge in [0.25, 0.3) is 0 Å². The number of urea groups is 1. The molecule has 31 heavy (non-hydrogen) atoms. The van der Waals surface area contributed by atoms with Crippen LogP contribution in [0.3, 0.4) is 0 Å². The number of carbonyl (C=O) groups is 3. The second-order valence-corrected chi connectivity index (χ2v) is 10.7. The molecular weight excluding hydrogens is 396 g/mol. The molecule has 0 spiro atoms. The van der Waals surface area contributed by atoms with E-state index in [-0.39, 0.29) is 22.8 Å². The second kappa shape index (κ2) is 9.35. The molecule has 3 aliphatic rings. The summed E-state index contributed by atoms with van der Waals surface area (Å²) in [6, 6.07) is -2.11. The Balaban J connectivity index is 1.59. The number of carbonyl (C=O) groups excluding carboxylic acids is 2. The van der Waals surface area contributed by atoms with Crippen molar-refractivity contribution in [3.63, 3.8) is 0 Å². The highest BCUT2D eigenvalue weighted by Crippen LogP contribution is 2.65. The number of carboxylic acids is 1. The molecule has 0 saturated heterocycles. The number of amides is 3. The van der Waals surface area contributed by atoms with Crippen LogP contribution in [0.4, 0.5) is 4.79 Å². The van der Waals surface area contributed by atoms with Crippen molar-refractivity contribution in [2.24, 2.45) is 28.4 Å². The van der Waals surface area contributed by atoms with Crippen molar-refractivity contribution >= 4 is 17.9 Å². The molecule has 5 atom stereocenters. The maximum Gasteiger partial charge on any atom is 0.326 e. The largest absolute Gasteiger partial charge is 0.480 e. The lowest BCUT2D eigenvalue weighted by molar-refractivity contribution is -0.139. The van der Waals surface area contributed by atoms with E-state index >= 15 is 0 Å². The molecule has 3 saturated carbocycles. The third-order valence-electron chi connectivity index (χ3n) is 8.55. The van der Waals surface area contributed by atoms with E-state index in [0.717, 1.165) is 25.7 Å². The molecule has 3 fully saturated rings. The van der Waals surface area contributed by atoms with Crippen molar-refractivity contribution < 1.29 is 19.5 Å². The van der Waals surface area contributed by atoms with Crippen molar-refractivity contribution in [2.75, 3.05) is 6.54 Å². The summed E-state index contributed by atoms with van der Waals surface area (Å²) >= 11 is 0. The smallest absolute Gasteiger partial charge is 0.326 e. The summed E-state index contributed by atoms with van der Waals surface area (Å²) in [5.74, 6) is -0.159. The molecule has 8 heteroatoms. The predicted molar refractivity (Wildman–Crippen MR) is 118 cm³/mol. The van der Waals surface area contributed by atoms with Gasteiger partial charge < -0.3 is 26.8 Å². The third-order valence-corrected chi connectivity index (χ3v) is 8.55. The summed E-state index contributed by atoms with van der Waals surface area (Å²) in [4.78, 5) is 37.2. The van der Waals surface area contributed by atoms with E-state index in [2.05, 4.69) is 36.7 Å². The van der Waals surface area contributed by atoms with Crippen LogP contribution in [-0.4, -0.2) is 47.7 Å². The summed E-state index contributed by atoms with van der Waals surface area (Å²) < 4.78 is 0. The number of unbranched alkanes of at least 4 members (excludes halogenated alkanes) is 1. The lowest BCUT2D eigenvalue weighted by atomic mass is 9.69. The maximum absolute atomic E-state index is 13.2. The summed E-state index contributed by atoms with van der Waals surface area (Å²) in [6.07, 6.45) is 7.69. The van der Waals surface area contributed by atoms with Gasteiger partial charge >= 0.3 is 12.0 Å². The Morgan fingerprint density at radius 1 is 1.06 bits per heavy atom. The number of carboxylic acid groups (broad SMARTS) is 1. The molecule has 0 aromatic carbocycles. The van der Waals surface area contributed by atoms with Gasteiger partial charge in [0.05, 0.1) is 0 Å². The fourth-order valence-electron chi connectivity index (χ4n) is 5.72. The molecule has 0 unspecified atom stereocenters. The maximum atomic E-state index is 13.2. The van der Waals surface area contributed by atoms with Gasteiger partial charge in [-0.05, 0) is 74.2 Å². The fourth-order valence-corrected chi connectivity index (χ4v) is 5.72. The number of aliphatic carboxylic acids is 1. The van der Waals surface area contributed by atoms with Crippen LogP contribution in [0.2, 0.25) is 0 Å². The number of rotatable bonds is 11. The number of fused-ring (bicyclic) bond motifs is 2. The summed E-state index contributed by atoms with van der Waals surface area (Å²) in [6.45, 7) is 7.38. The van der Waals surface area contributed by atoms with E-state index in [9.17, 15) is 19.5 Å². The van der Waals surface area contributed by atoms with Gasteiger partial charge in [0.2, 0.25) is 5.91 Å². The van der Waals surface area contributed by atoms with E-state index < -0.39 is 24.1 Å². The van der Waals surface area contributed by atoms with Gasteiger partial charge in [0.1, 0.15) is 12.1 Å². The SMILES string of the molecule is CC1(C)[C@@H]2CC[C@@]1(C)[C@@H](NC(=O)[C@@H](CC1CC1)NC(=O)N[C@@H](CCCCN)C(=O)O)C2. The normalized spacial score (nSPS) is 30.5. The van der Waals surface area contributed by atoms with Gasteiger partial charge in [-0.1, -0.05) is 33.6 Å². The first kappa shape index (κ1) is 23.8. The van der Waals surface area contributed by atoms with Gasteiger partial charge in [0, 0.05) is 6.04 Å². The van der Waals surface area contributed by atoms with Gasteiger partial charge in [-0.3, -0.25) is 4.79 Å². The molecule has 0 aliphatic heterocycles. The average Bonchev–Trinajstić information content (AvgIpc) is 3.45. The lowest BCUT2D eigenvalue weighted by Gasteiger charge is -2.40. The minimum absolute atomic E-state index is 0.0666. The van der Waals surface area contributed by atoms with Gasteiger partial charge in [0.15, 0.2) is 0 Å². The summed E-state index contributed by atoms with van der Waals surface area (Å²) in [5.41, 5.74) is 5.73. The summed E-state index contributed by atoms with van der Waals surface area (Å²) in [7, 11) is 0. The average molecular weight is 437 g/mol. The first-order valence-corrected chi connectivity index (χ1v) is 11.9. The zero-order chi connectivity index (χ0) is 22.8. The molecular formula is C23H40N4O4.